The maximum atomic E-state index is 4.99. The van der Waals surface area contributed by atoms with Gasteiger partial charge in [0.05, 0.1) is 18.6 Å². The van der Waals surface area contributed by atoms with Crippen LogP contribution in [0.1, 0.15) is 17.1 Å². The van der Waals surface area contributed by atoms with Gasteiger partial charge in [-0.3, -0.25) is 0 Å². The summed E-state index contributed by atoms with van der Waals surface area (Å²) in [7, 11) is 1.90. The number of nitrogens with one attached hydrogen (secondary N) is 1. The Morgan fingerprint density at radius 2 is 2.33 bits per heavy atom. The van der Waals surface area contributed by atoms with E-state index in [-0.39, 0.29) is 0 Å². The molecule has 2 rings (SSSR count). The molecule has 0 radical (unpaired) electrons. The second-order valence-electron chi connectivity index (χ2n) is 3.50. The van der Waals surface area contributed by atoms with E-state index in [0.29, 0.717) is 6.54 Å². The van der Waals surface area contributed by atoms with Gasteiger partial charge in [0.25, 0.3) is 0 Å². The van der Waals surface area contributed by atoms with Gasteiger partial charge in [-0.25, -0.2) is 4.98 Å². The highest BCUT2D eigenvalue weighted by molar-refractivity contribution is 5.05. The van der Waals surface area contributed by atoms with E-state index in [0.717, 1.165) is 23.7 Å². The molecule has 0 aliphatic heterocycles. The maximum absolute atomic E-state index is 4.99. The van der Waals surface area contributed by atoms with Crippen LogP contribution >= 0.6 is 0 Å². The summed E-state index contributed by atoms with van der Waals surface area (Å²) < 4.78 is 6.98. The Morgan fingerprint density at radius 3 is 3.00 bits per heavy atom. The molecule has 0 unspecified atom stereocenters. The van der Waals surface area contributed by atoms with Crippen LogP contribution < -0.4 is 5.32 Å². The molecule has 15 heavy (non-hydrogen) atoms. The third-order valence-corrected chi connectivity index (χ3v) is 2.07. The van der Waals surface area contributed by atoms with E-state index >= 15 is 0 Å². The Morgan fingerprint density at radius 1 is 1.47 bits per heavy atom. The first-order chi connectivity index (χ1) is 7.28. The zero-order chi connectivity index (χ0) is 10.7. The summed E-state index contributed by atoms with van der Waals surface area (Å²) in [6.07, 6.45) is 3.80. The zero-order valence-corrected chi connectivity index (χ0v) is 8.90. The number of imidazole rings is 1. The Bertz CT molecular complexity index is 432. The first kappa shape index (κ1) is 9.92. The predicted octanol–water partition coefficient (Wildman–Crippen LogP) is 0.947. The SMILES string of the molecule is CNCc1cn(Cc2cc(C)on2)cn1. The van der Waals surface area contributed by atoms with Crippen LogP contribution in [-0.4, -0.2) is 21.8 Å². The number of nitrogens with zero attached hydrogens (tertiary/aromatic N) is 3. The van der Waals surface area contributed by atoms with Crippen molar-refractivity contribution in [3.63, 3.8) is 0 Å². The summed E-state index contributed by atoms with van der Waals surface area (Å²) >= 11 is 0. The van der Waals surface area contributed by atoms with Gasteiger partial charge in [0.15, 0.2) is 0 Å². The van der Waals surface area contributed by atoms with Crippen molar-refractivity contribution >= 4 is 0 Å². The molecule has 2 aromatic heterocycles. The van der Waals surface area contributed by atoms with Gasteiger partial charge in [0.1, 0.15) is 11.5 Å². The highest BCUT2D eigenvalue weighted by Crippen LogP contribution is 2.05. The minimum absolute atomic E-state index is 0.702. The molecule has 0 saturated carbocycles. The largest absolute Gasteiger partial charge is 0.361 e. The lowest BCUT2D eigenvalue weighted by molar-refractivity contribution is 0.389. The van der Waals surface area contributed by atoms with Crippen molar-refractivity contribution < 1.29 is 4.52 Å². The summed E-state index contributed by atoms with van der Waals surface area (Å²) in [5.41, 5.74) is 1.94. The Kier molecular flexibility index (Phi) is 2.82. The Hall–Kier alpha value is -1.62. The van der Waals surface area contributed by atoms with Gasteiger partial charge in [-0.1, -0.05) is 5.16 Å². The van der Waals surface area contributed by atoms with Gasteiger partial charge in [-0.2, -0.15) is 0 Å². The van der Waals surface area contributed by atoms with E-state index in [4.69, 9.17) is 4.52 Å². The molecule has 0 amide bonds. The fourth-order valence-electron chi connectivity index (χ4n) is 1.44. The molecule has 5 heteroatoms. The van der Waals surface area contributed by atoms with Gasteiger partial charge in [0, 0.05) is 18.8 Å². The van der Waals surface area contributed by atoms with Crippen LogP contribution in [-0.2, 0) is 13.1 Å². The molecule has 5 nitrogen and oxygen atoms in total. The van der Waals surface area contributed by atoms with Crippen molar-refractivity contribution in [1.82, 2.24) is 20.0 Å². The molecule has 0 atom stereocenters. The van der Waals surface area contributed by atoms with Crippen LogP contribution in [0, 0.1) is 6.92 Å². The van der Waals surface area contributed by atoms with Crippen LogP contribution in [0.2, 0.25) is 0 Å². The van der Waals surface area contributed by atoms with Crippen LogP contribution in [0.4, 0.5) is 0 Å². The molecule has 0 spiro atoms. The summed E-state index contributed by atoms with van der Waals surface area (Å²) in [5.74, 6) is 0.834. The molecule has 0 aliphatic rings. The van der Waals surface area contributed by atoms with Crippen molar-refractivity contribution in [1.29, 1.82) is 0 Å². The average Bonchev–Trinajstić information content (AvgIpc) is 2.78. The second kappa shape index (κ2) is 4.27. The zero-order valence-electron chi connectivity index (χ0n) is 8.90. The topological polar surface area (TPSA) is 55.9 Å². The summed E-state index contributed by atoms with van der Waals surface area (Å²) in [4.78, 5) is 4.25. The van der Waals surface area contributed by atoms with Gasteiger partial charge in [-0.05, 0) is 14.0 Å². The van der Waals surface area contributed by atoms with E-state index in [9.17, 15) is 0 Å². The highest BCUT2D eigenvalue weighted by atomic mass is 16.5. The van der Waals surface area contributed by atoms with Crippen LogP contribution in [0.3, 0.4) is 0 Å². The summed E-state index contributed by atoms with van der Waals surface area (Å²) in [6.45, 7) is 3.37. The molecule has 80 valence electrons. The molecule has 2 aromatic rings. The lowest BCUT2D eigenvalue weighted by atomic mass is 10.4. The normalized spacial score (nSPS) is 10.8. The third kappa shape index (κ3) is 2.44. The van der Waals surface area contributed by atoms with Crippen molar-refractivity contribution in [2.24, 2.45) is 0 Å². The molecule has 0 aromatic carbocycles. The highest BCUT2D eigenvalue weighted by Gasteiger charge is 2.02. The number of hydrogen-bond acceptors (Lipinski definition) is 4. The van der Waals surface area contributed by atoms with Crippen molar-refractivity contribution in [2.45, 2.75) is 20.0 Å². The monoisotopic (exact) mass is 206 g/mol. The molecular weight excluding hydrogens is 192 g/mol. The standard InChI is InChI=1S/C10H14N4O/c1-8-3-9(13-15-8)5-14-6-10(4-11-2)12-7-14/h3,6-7,11H,4-5H2,1-2H3. The first-order valence-electron chi connectivity index (χ1n) is 4.85. The van der Waals surface area contributed by atoms with Gasteiger partial charge >= 0.3 is 0 Å². The van der Waals surface area contributed by atoms with Crippen LogP contribution in [0.25, 0.3) is 0 Å². The maximum Gasteiger partial charge on any atom is 0.133 e. The van der Waals surface area contributed by atoms with Crippen molar-refractivity contribution in [2.75, 3.05) is 7.05 Å². The minimum Gasteiger partial charge on any atom is -0.361 e. The molecule has 1 N–H and O–H groups in total. The van der Waals surface area contributed by atoms with Crippen molar-refractivity contribution in [3.05, 3.63) is 35.7 Å². The molecular formula is C10H14N4O. The Balaban J connectivity index is 2.04. The number of aryl methyl sites for hydroxylation is 1. The molecule has 0 saturated heterocycles. The lowest BCUT2D eigenvalue weighted by Crippen LogP contribution is -2.05. The molecule has 0 bridgehead atoms. The molecule has 0 fully saturated rings. The number of aromatic nitrogens is 3. The van der Waals surface area contributed by atoms with Gasteiger partial charge in [0.2, 0.25) is 0 Å². The summed E-state index contributed by atoms with van der Waals surface area (Å²) in [5, 5.41) is 6.98. The van der Waals surface area contributed by atoms with E-state index in [1.165, 1.54) is 0 Å². The lowest BCUT2D eigenvalue weighted by Gasteiger charge is -1.95. The third-order valence-electron chi connectivity index (χ3n) is 2.07. The van der Waals surface area contributed by atoms with Crippen LogP contribution in [0.15, 0.2) is 23.1 Å². The predicted molar refractivity (Wildman–Crippen MR) is 55.3 cm³/mol. The van der Waals surface area contributed by atoms with E-state index in [2.05, 4.69) is 15.5 Å². The smallest absolute Gasteiger partial charge is 0.133 e. The van der Waals surface area contributed by atoms with Gasteiger partial charge in [-0.15, -0.1) is 0 Å². The first-order valence-corrected chi connectivity index (χ1v) is 4.85. The van der Waals surface area contributed by atoms with E-state index < -0.39 is 0 Å². The number of rotatable bonds is 4. The number of hydrogen-bond donors (Lipinski definition) is 1. The minimum atomic E-state index is 0.702. The quantitative estimate of drug-likeness (QED) is 0.809. The van der Waals surface area contributed by atoms with E-state index in [1.807, 2.05) is 30.8 Å². The fourth-order valence-corrected chi connectivity index (χ4v) is 1.44. The second-order valence-corrected chi connectivity index (χ2v) is 3.50. The summed E-state index contributed by atoms with van der Waals surface area (Å²) in [6, 6.07) is 1.93. The fraction of sp³-hybridized carbons (Fsp3) is 0.400. The Labute approximate surface area is 88.1 Å². The molecule has 2 heterocycles. The van der Waals surface area contributed by atoms with Crippen molar-refractivity contribution in [3.8, 4) is 0 Å². The average molecular weight is 206 g/mol. The van der Waals surface area contributed by atoms with Crippen LogP contribution in [0.5, 0.6) is 0 Å². The molecule has 0 aliphatic carbocycles. The van der Waals surface area contributed by atoms with Gasteiger partial charge < -0.3 is 14.4 Å². The van der Waals surface area contributed by atoms with E-state index in [1.54, 1.807) is 6.33 Å².